The summed E-state index contributed by atoms with van der Waals surface area (Å²) in [6, 6.07) is 13.3. The largest absolute Gasteiger partial charge is 0.394 e. The summed E-state index contributed by atoms with van der Waals surface area (Å²) in [6.07, 6.45) is -0.527. The van der Waals surface area contributed by atoms with E-state index in [1.807, 2.05) is 13.0 Å². The molecule has 1 aliphatic heterocycles. The van der Waals surface area contributed by atoms with Crippen molar-refractivity contribution < 1.29 is 23.1 Å². The molecule has 1 amide bonds. The zero-order chi connectivity index (χ0) is 19.6. The molecule has 0 unspecified atom stereocenters. The highest BCUT2D eigenvalue weighted by atomic mass is 32.2. The highest BCUT2D eigenvalue weighted by Gasteiger charge is 2.28. The number of morpholine rings is 1. The van der Waals surface area contributed by atoms with Gasteiger partial charge < -0.3 is 14.7 Å². The third-order valence-electron chi connectivity index (χ3n) is 4.44. The lowest BCUT2D eigenvalue weighted by atomic mass is 10.0. The molecule has 27 heavy (non-hydrogen) atoms. The minimum atomic E-state index is -3.74. The van der Waals surface area contributed by atoms with E-state index in [0.717, 1.165) is 11.1 Å². The van der Waals surface area contributed by atoms with Crippen LogP contribution < -0.4 is 5.14 Å². The summed E-state index contributed by atoms with van der Waals surface area (Å²) >= 11 is 0. The number of sulfonamides is 1. The van der Waals surface area contributed by atoms with Crippen LogP contribution in [-0.4, -0.2) is 56.2 Å². The third-order valence-corrected chi connectivity index (χ3v) is 5.37. The first-order chi connectivity index (χ1) is 12.8. The molecule has 2 aromatic carbocycles. The minimum absolute atomic E-state index is 0.0378. The molecule has 0 aromatic heterocycles. The predicted octanol–water partition coefficient (Wildman–Crippen LogP) is 1.22. The maximum Gasteiger partial charge on any atom is 0.254 e. The van der Waals surface area contributed by atoms with Crippen LogP contribution in [0.15, 0.2) is 53.4 Å². The summed E-state index contributed by atoms with van der Waals surface area (Å²) in [5, 5.41) is 14.5. The van der Waals surface area contributed by atoms with Crippen molar-refractivity contribution in [3.63, 3.8) is 0 Å². The van der Waals surface area contributed by atoms with Gasteiger partial charge in [-0.15, -0.1) is 0 Å². The average molecular weight is 390 g/mol. The standard InChI is InChI=1S/C19H22N2O5S/c1-13-10-21(11-17(12-22)26-13)19(23)16-4-2-3-15(9-16)14-5-7-18(8-6-14)27(20,24)25/h2-9,13,17,22H,10-12H2,1H3,(H2,20,24,25)/t13-,17+/m1/s1. The molecule has 0 saturated carbocycles. The summed E-state index contributed by atoms with van der Waals surface area (Å²) in [5.41, 5.74) is 2.09. The minimum Gasteiger partial charge on any atom is -0.394 e. The number of rotatable bonds is 4. The number of amides is 1. The van der Waals surface area contributed by atoms with Crippen LogP contribution in [0.1, 0.15) is 17.3 Å². The molecular weight excluding hydrogens is 368 g/mol. The summed E-state index contributed by atoms with van der Waals surface area (Å²) in [7, 11) is -3.74. The topological polar surface area (TPSA) is 110 Å². The van der Waals surface area contributed by atoms with Crippen LogP contribution in [0.3, 0.4) is 0 Å². The molecule has 7 nitrogen and oxygen atoms in total. The lowest BCUT2D eigenvalue weighted by Gasteiger charge is -2.36. The Morgan fingerprint density at radius 2 is 1.89 bits per heavy atom. The molecule has 3 N–H and O–H groups in total. The van der Waals surface area contributed by atoms with Crippen molar-refractivity contribution in [3.05, 3.63) is 54.1 Å². The van der Waals surface area contributed by atoms with E-state index in [0.29, 0.717) is 18.7 Å². The van der Waals surface area contributed by atoms with E-state index in [1.165, 1.54) is 12.1 Å². The highest BCUT2D eigenvalue weighted by molar-refractivity contribution is 7.89. The molecule has 0 bridgehead atoms. The van der Waals surface area contributed by atoms with Crippen molar-refractivity contribution in [2.75, 3.05) is 19.7 Å². The molecular formula is C19H22N2O5S. The van der Waals surface area contributed by atoms with Gasteiger partial charge in [-0.3, -0.25) is 4.79 Å². The Bertz CT molecular complexity index is 927. The fourth-order valence-electron chi connectivity index (χ4n) is 3.16. The monoisotopic (exact) mass is 390 g/mol. The second-order valence-electron chi connectivity index (χ2n) is 6.61. The molecule has 8 heteroatoms. The fourth-order valence-corrected chi connectivity index (χ4v) is 3.68. The number of nitrogens with zero attached hydrogens (tertiary/aromatic N) is 1. The number of ether oxygens (including phenoxy) is 1. The van der Waals surface area contributed by atoms with Crippen molar-refractivity contribution in [3.8, 4) is 11.1 Å². The Balaban J connectivity index is 1.84. The zero-order valence-electron chi connectivity index (χ0n) is 14.9. The van der Waals surface area contributed by atoms with Gasteiger partial charge in [-0.1, -0.05) is 24.3 Å². The van der Waals surface area contributed by atoms with E-state index in [9.17, 15) is 18.3 Å². The summed E-state index contributed by atoms with van der Waals surface area (Å²) < 4.78 is 28.3. The van der Waals surface area contributed by atoms with Crippen LogP contribution in [0.25, 0.3) is 11.1 Å². The van der Waals surface area contributed by atoms with Crippen LogP contribution in [0.2, 0.25) is 0 Å². The normalized spacial score (nSPS) is 20.5. The maximum atomic E-state index is 12.9. The summed E-state index contributed by atoms with van der Waals surface area (Å²) in [4.78, 5) is 14.6. The number of hydrogen-bond donors (Lipinski definition) is 2. The smallest absolute Gasteiger partial charge is 0.254 e. The Morgan fingerprint density at radius 1 is 1.19 bits per heavy atom. The van der Waals surface area contributed by atoms with Crippen molar-refractivity contribution in [2.24, 2.45) is 5.14 Å². The van der Waals surface area contributed by atoms with Crippen molar-refractivity contribution in [1.82, 2.24) is 4.90 Å². The van der Waals surface area contributed by atoms with Gasteiger partial charge in [-0.2, -0.15) is 0 Å². The number of aliphatic hydroxyl groups is 1. The van der Waals surface area contributed by atoms with E-state index in [4.69, 9.17) is 9.88 Å². The van der Waals surface area contributed by atoms with Gasteiger partial charge in [-0.05, 0) is 42.3 Å². The van der Waals surface area contributed by atoms with Crippen molar-refractivity contribution in [2.45, 2.75) is 24.0 Å². The van der Waals surface area contributed by atoms with E-state index in [2.05, 4.69) is 0 Å². The van der Waals surface area contributed by atoms with Crippen molar-refractivity contribution >= 4 is 15.9 Å². The zero-order valence-corrected chi connectivity index (χ0v) is 15.7. The molecule has 1 heterocycles. The second kappa shape index (κ2) is 7.77. The lowest BCUT2D eigenvalue weighted by Crippen LogP contribution is -2.50. The first-order valence-electron chi connectivity index (χ1n) is 8.57. The van der Waals surface area contributed by atoms with Gasteiger partial charge >= 0.3 is 0 Å². The number of nitrogens with two attached hydrogens (primary N) is 1. The second-order valence-corrected chi connectivity index (χ2v) is 8.17. The molecule has 2 atom stereocenters. The van der Waals surface area contributed by atoms with Crippen LogP contribution in [0.4, 0.5) is 0 Å². The van der Waals surface area contributed by atoms with Crippen LogP contribution in [-0.2, 0) is 14.8 Å². The number of benzene rings is 2. The van der Waals surface area contributed by atoms with Crippen LogP contribution in [0.5, 0.6) is 0 Å². The Kier molecular flexibility index (Phi) is 5.61. The number of primary sulfonamides is 1. The van der Waals surface area contributed by atoms with Gasteiger partial charge in [0.05, 0.1) is 23.7 Å². The quantitative estimate of drug-likeness (QED) is 0.816. The van der Waals surface area contributed by atoms with Crippen LogP contribution >= 0.6 is 0 Å². The Hall–Kier alpha value is -2.26. The van der Waals surface area contributed by atoms with Gasteiger partial charge in [0.1, 0.15) is 0 Å². The van der Waals surface area contributed by atoms with E-state index < -0.39 is 10.0 Å². The number of carbonyl (C=O) groups excluding carboxylic acids is 1. The molecule has 0 spiro atoms. The highest BCUT2D eigenvalue weighted by Crippen LogP contribution is 2.23. The predicted molar refractivity (Wildman–Crippen MR) is 101 cm³/mol. The van der Waals surface area contributed by atoms with Gasteiger partial charge in [0.25, 0.3) is 5.91 Å². The maximum absolute atomic E-state index is 12.9. The van der Waals surface area contributed by atoms with Gasteiger partial charge in [0.15, 0.2) is 0 Å². The van der Waals surface area contributed by atoms with Crippen molar-refractivity contribution in [1.29, 1.82) is 0 Å². The molecule has 0 radical (unpaired) electrons. The molecule has 1 saturated heterocycles. The number of carbonyl (C=O) groups is 1. The van der Waals surface area contributed by atoms with Gasteiger partial charge in [0.2, 0.25) is 10.0 Å². The Labute approximate surface area is 158 Å². The van der Waals surface area contributed by atoms with E-state index in [1.54, 1.807) is 35.2 Å². The van der Waals surface area contributed by atoms with E-state index in [-0.39, 0.29) is 29.6 Å². The molecule has 144 valence electrons. The number of aliphatic hydroxyl groups excluding tert-OH is 1. The summed E-state index contributed by atoms with van der Waals surface area (Å²) in [6.45, 7) is 2.53. The van der Waals surface area contributed by atoms with Crippen LogP contribution in [0, 0.1) is 0 Å². The molecule has 0 aliphatic carbocycles. The van der Waals surface area contributed by atoms with Gasteiger partial charge in [0, 0.05) is 18.7 Å². The van der Waals surface area contributed by atoms with E-state index >= 15 is 0 Å². The SMILES string of the molecule is C[C@@H]1CN(C(=O)c2cccc(-c3ccc(S(N)(=O)=O)cc3)c2)C[C@@H](CO)O1. The Morgan fingerprint density at radius 3 is 2.52 bits per heavy atom. The van der Waals surface area contributed by atoms with Gasteiger partial charge in [-0.25, -0.2) is 13.6 Å². The lowest BCUT2D eigenvalue weighted by molar-refractivity contribution is -0.0858. The molecule has 1 aliphatic rings. The molecule has 2 aromatic rings. The molecule has 3 rings (SSSR count). The summed E-state index contributed by atoms with van der Waals surface area (Å²) in [5.74, 6) is -0.133. The third kappa shape index (κ3) is 4.54. The fraction of sp³-hybridized carbons (Fsp3) is 0.316. The molecule has 1 fully saturated rings. The first kappa shape index (κ1) is 19.5. The average Bonchev–Trinajstić information content (AvgIpc) is 2.66. The first-order valence-corrected chi connectivity index (χ1v) is 10.1. The number of hydrogen-bond acceptors (Lipinski definition) is 5.